The third-order valence-electron chi connectivity index (χ3n) is 3.42. The van der Waals surface area contributed by atoms with Crippen LogP contribution in [0.15, 0.2) is 60.7 Å². The zero-order valence-corrected chi connectivity index (χ0v) is 14.7. The normalized spacial score (nSPS) is 13.0. The lowest BCUT2D eigenvalue weighted by molar-refractivity contribution is 0.242. The number of carbonyl (C=O) groups excluding carboxylic acids is 1. The molecule has 2 amide bonds. The summed E-state index contributed by atoms with van der Waals surface area (Å²) in [5.74, 6) is 0. The van der Waals surface area contributed by atoms with Crippen LogP contribution < -0.4 is 15.7 Å². The fourth-order valence-electron chi connectivity index (χ4n) is 2.09. The molecule has 0 radical (unpaired) electrons. The molecule has 0 spiro atoms. The molecule has 0 saturated heterocycles. The maximum atomic E-state index is 13.2. The van der Waals surface area contributed by atoms with Gasteiger partial charge in [-0.1, -0.05) is 61.9 Å². The van der Waals surface area contributed by atoms with Gasteiger partial charge in [0, 0.05) is 6.54 Å². The number of hydrogen-bond donors (Lipinski definition) is 2. The zero-order valence-electron chi connectivity index (χ0n) is 13.8. The lowest BCUT2D eigenvalue weighted by Gasteiger charge is -2.20. The molecule has 6 heteroatoms. The first-order chi connectivity index (χ1) is 11.6. The molecule has 2 aromatic carbocycles. The molecular formula is C18H23N2O3P. The highest BCUT2D eigenvalue weighted by molar-refractivity contribution is 7.65. The maximum absolute atomic E-state index is 13.2. The van der Waals surface area contributed by atoms with E-state index in [1.807, 2.05) is 43.3 Å². The van der Waals surface area contributed by atoms with Gasteiger partial charge >= 0.3 is 13.6 Å². The summed E-state index contributed by atoms with van der Waals surface area (Å²) in [5.41, 5.74) is 0.891. The van der Waals surface area contributed by atoms with Crippen LogP contribution in [0, 0.1) is 0 Å². The van der Waals surface area contributed by atoms with E-state index in [0.29, 0.717) is 11.8 Å². The third-order valence-corrected chi connectivity index (χ3v) is 5.38. The minimum absolute atomic E-state index is 0.155. The van der Waals surface area contributed by atoms with Gasteiger partial charge in [0.2, 0.25) is 0 Å². The Morgan fingerprint density at radius 3 is 2.29 bits per heavy atom. The fraction of sp³-hybridized carbons (Fsp3) is 0.278. The molecule has 0 aliphatic rings. The first kappa shape index (κ1) is 18.2. The molecule has 2 aromatic rings. The van der Waals surface area contributed by atoms with Gasteiger partial charge in [-0.25, -0.2) is 4.79 Å². The summed E-state index contributed by atoms with van der Waals surface area (Å²) in [7, 11) is -3.50. The number of unbranched alkanes of at least 4 members (excludes halogenated alkanes) is 1. The monoisotopic (exact) mass is 346 g/mol. The first-order valence-electron chi connectivity index (χ1n) is 8.04. The Labute approximate surface area is 142 Å². The molecule has 0 aliphatic carbocycles. The molecule has 0 bridgehead atoms. The fourth-order valence-corrected chi connectivity index (χ4v) is 3.67. The summed E-state index contributed by atoms with van der Waals surface area (Å²) in [6, 6.07) is 17.7. The average Bonchev–Trinajstić information content (AvgIpc) is 2.62. The van der Waals surface area contributed by atoms with E-state index in [-0.39, 0.29) is 6.61 Å². The van der Waals surface area contributed by atoms with Crippen LogP contribution in [0.2, 0.25) is 0 Å². The smallest absolute Gasteiger partial charge is 0.327 e. The molecule has 5 nitrogen and oxygen atoms in total. The van der Waals surface area contributed by atoms with Crippen LogP contribution in [0.25, 0.3) is 0 Å². The van der Waals surface area contributed by atoms with Gasteiger partial charge in [0.05, 0.1) is 11.9 Å². The van der Waals surface area contributed by atoms with Gasteiger partial charge in [-0.2, -0.15) is 0 Å². The van der Waals surface area contributed by atoms with Crippen LogP contribution in [-0.2, 0) is 15.7 Å². The number of benzene rings is 2. The largest absolute Gasteiger partial charge is 0.338 e. The lowest BCUT2D eigenvalue weighted by Crippen LogP contribution is -2.36. The van der Waals surface area contributed by atoms with E-state index in [1.54, 1.807) is 24.3 Å². The molecule has 2 N–H and O–H groups in total. The van der Waals surface area contributed by atoms with Crippen LogP contribution in [0.4, 0.5) is 4.79 Å². The van der Waals surface area contributed by atoms with Crippen LogP contribution >= 0.6 is 7.52 Å². The highest BCUT2D eigenvalue weighted by Gasteiger charge is 2.28. The van der Waals surface area contributed by atoms with Gasteiger partial charge in [-0.05, 0) is 24.1 Å². The number of urea groups is 1. The minimum atomic E-state index is -3.50. The van der Waals surface area contributed by atoms with E-state index in [0.717, 1.165) is 18.4 Å². The Morgan fingerprint density at radius 1 is 1.04 bits per heavy atom. The van der Waals surface area contributed by atoms with Gasteiger partial charge < -0.3 is 9.84 Å². The van der Waals surface area contributed by atoms with Crippen molar-refractivity contribution >= 4 is 18.9 Å². The standard InChI is InChI=1S/C18H23N2O3P/c1-2-3-14-19-18(21)20-24(22,17-12-8-5-9-13-17)23-15-16-10-6-4-7-11-16/h4-13H,2-3,14-15H2,1H3,(H2,19,20,21,22)/t24-/m1/s1. The second-order valence-electron chi connectivity index (χ2n) is 5.37. The van der Waals surface area contributed by atoms with Gasteiger partial charge in [0.1, 0.15) is 0 Å². The summed E-state index contributed by atoms with van der Waals surface area (Å²) in [6.45, 7) is 2.73. The first-order valence-corrected chi connectivity index (χ1v) is 9.67. The van der Waals surface area contributed by atoms with Crippen LogP contribution in [-0.4, -0.2) is 12.6 Å². The predicted molar refractivity (Wildman–Crippen MR) is 96.4 cm³/mol. The Bertz CT molecular complexity index is 677. The zero-order chi connectivity index (χ0) is 17.3. The van der Waals surface area contributed by atoms with Crippen molar-refractivity contribution in [2.75, 3.05) is 6.54 Å². The number of carbonyl (C=O) groups is 1. The highest BCUT2D eigenvalue weighted by Crippen LogP contribution is 2.41. The minimum Gasteiger partial charge on any atom is -0.338 e. The third kappa shape index (κ3) is 5.52. The van der Waals surface area contributed by atoms with Gasteiger partial charge in [0.25, 0.3) is 0 Å². The van der Waals surface area contributed by atoms with E-state index in [4.69, 9.17) is 4.52 Å². The molecule has 0 fully saturated rings. The van der Waals surface area contributed by atoms with E-state index in [2.05, 4.69) is 10.4 Å². The van der Waals surface area contributed by atoms with Crippen molar-refractivity contribution in [2.45, 2.75) is 26.4 Å². The van der Waals surface area contributed by atoms with Crippen LogP contribution in [0.5, 0.6) is 0 Å². The predicted octanol–water partition coefficient (Wildman–Crippen LogP) is 3.82. The van der Waals surface area contributed by atoms with Crippen molar-refractivity contribution < 1.29 is 13.9 Å². The topological polar surface area (TPSA) is 67.4 Å². The number of hydrogen-bond acceptors (Lipinski definition) is 3. The van der Waals surface area contributed by atoms with E-state index < -0.39 is 13.6 Å². The van der Waals surface area contributed by atoms with Crippen molar-refractivity contribution in [1.82, 2.24) is 10.4 Å². The summed E-state index contributed by atoms with van der Waals surface area (Å²) >= 11 is 0. The van der Waals surface area contributed by atoms with Crippen molar-refractivity contribution in [1.29, 1.82) is 0 Å². The SMILES string of the molecule is CCCCNC(=O)N[P@](=O)(OCc1ccccc1)c1ccccc1. The Hall–Kier alpha value is -2.10. The molecular weight excluding hydrogens is 323 g/mol. The summed E-state index contributed by atoms with van der Waals surface area (Å²) < 4.78 is 18.9. The lowest BCUT2D eigenvalue weighted by atomic mass is 10.2. The molecule has 128 valence electrons. The quantitative estimate of drug-likeness (QED) is 0.564. The van der Waals surface area contributed by atoms with Crippen molar-refractivity contribution in [2.24, 2.45) is 0 Å². The van der Waals surface area contributed by atoms with Crippen molar-refractivity contribution in [3.8, 4) is 0 Å². The van der Waals surface area contributed by atoms with Crippen LogP contribution in [0.3, 0.4) is 0 Å². The van der Waals surface area contributed by atoms with E-state index >= 15 is 0 Å². The number of rotatable bonds is 8. The van der Waals surface area contributed by atoms with Crippen molar-refractivity contribution in [3.05, 3.63) is 66.2 Å². The molecule has 2 rings (SSSR count). The van der Waals surface area contributed by atoms with Gasteiger partial charge in [-0.3, -0.25) is 9.65 Å². The molecule has 0 aliphatic heterocycles. The van der Waals surface area contributed by atoms with E-state index in [9.17, 15) is 9.36 Å². The number of nitrogens with one attached hydrogen (secondary N) is 2. The molecule has 0 aromatic heterocycles. The van der Waals surface area contributed by atoms with Crippen LogP contribution in [0.1, 0.15) is 25.3 Å². The molecule has 24 heavy (non-hydrogen) atoms. The molecule has 0 heterocycles. The molecule has 1 atom stereocenters. The molecule has 0 unspecified atom stereocenters. The van der Waals surface area contributed by atoms with Gasteiger partial charge in [0.15, 0.2) is 0 Å². The van der Waals surface area contributed by atoms with E-state index in [1.165, 1.54) is 0 Å². The summed E-state index contributed by atoms with van der Waals surface area (Å²) in [6.07, 6.45) is 1.84. The summed E-state index contributed by atoms with van der Waals surface area (Å²) in [5, 5.41) is 5.69. The second-order valence-corrected chi connectivity index (χ2v) is 7.47. The number of amides is 2. The highest BCUT2D eigenvalue weighted by atomic mass is 31.2. The Balaban J connectivity index is 2.10. The Kier molecular flexibility index (Phi) is 7.04. The Morgan fingerprint density at radius 2 is 1.67 bits per heavy atom. The summed E-state index contributed by atoms with van der Waals surface area (Å²) in [4.78, 5) is 12.0. The van der Waals surface area contributed by atoms with Crippen molar-refractivity contribution in [3.63, 3.8) is 0 Å². The molecule has 0 saturated carbocycles. The maximum Gasteiger partial charge on any atom is 0.327 e. The van der Waals surface area contributed by atoms with Gasteiger partial charge in [-0.15, -0.1) is 0 Å². The second kappa shape index (κ2) is 9.26. The average molecular weight is 346 g/mol.